The van der Waals surface area contributed by atoms with Gasteiger partial charge in [0.25, 0.3) is 0 Å². The van der Waals surface area contributed by atoms with E-state index >= 15 is 0 Å². The first-order chi connectivity index (χ1) is 11.2. The van der Waals surface area contributed by atoms with Gasteiger partial charge in [0.1, 0.15) is 5.82 Å². The van der Waals surface area contributed by atoms with Crippen LogP contribution in [-0.2, 0) is 24.3 Å². The minimum Gasteiger partial charge on any atom is -0.493 e. The zero-order valence-electron chi connectivity index (χ0n) is 13.4. The molecule has 23 heavy (non-hydrogen) atoms. The quantitative estimate of drug-likeness (QED) is 0.913. The number of methoxy groups -OCH3 is 2. The van der Waals surface area contributed by atoms with Crippen molar-refractivity contribution in [3.63, 3.8) is 0 Å². The van der Waals surface area contributed by atoms with Crippen LogP contribution in [0.5, 0.6) is 11.5 Å². The van der Waals surface area contributed by atoms with Crippen molar-refractivity contribution in [3.8, 4) is 11.5 Å². The third-order valence-corrected chi connectivity index (χ3v) is 4.24. The maximum absolute atomic E-state index is 12.4. The first-order valence-corrected chi connectivity index (χ1v) is 7.70. The molecule has 0 spiro atoms. The number of amides is 1. The van der Waals surface area contributed by atoms with Crippen molar-refractivity contribution < 1.29 is 14.3 Å². The van der Waals surface area contributed by atoms with E-state index in [4.69, 9.17) is 9.47 Å². The van der Waals surface area contributed by atoms with Crippen molar-refractivity contribution in [2.45, 2.75) is 25.9 Å². The number of nitrogens with one attached hydrogen (secondary N) is 1. The summed E-state index contributed by atoms with van der Waals surface area (Å²) < 4.78 is 12.7. The molecule has 1 aliphatic rings. The van der Waals surface area contributed by atoms with Crippen molar-refractivity contribution in [2.75, 3.05) is 14.2 Å². The average molecular weight is 315 g/mol. The van der Waals surface area contributed by atoms with Gasteiger partial charge in [0.05, 0.1) is 20.1 Å². The Labute approximate surface area is 135 Å². The summed E-state index contributed by atoms with van der Waals surface area (Å²) in [5.74, 6) is 2.43. The number of ether oxygens (including phenoxy) is 2. The Balaban J connectivity index is 1.64. The predicted octanol–water partition coefficient (Wildman–Crippen LogP) is 1.78. The van der Waals surface area contributed by atoms with Crippen LogP contribution in [0.1, 0.15) is 17.8 Å². The molecular formula is C17H21N3O3. The summed E-state index contributed by atoms with van der Waals surface area (Å²) in [5, 5.41) is 3.01. The molecule has 0 aliphatic carbocycles. The van der Waals surface area contributed by atoms with Crippen LogP contribution in [0, 0.1) is 5.92 Å². The fourth-order valence-corrected chi connectivity index (χ4v) is 3.00. The Kier molecular flexibility index (Phi) is 4.50. The van der Waals surface area contributed by atoms with Gasteiger partial charge in [0.15, 0.2) is 11.5 Å². The zero-order valence-corrected chi connectivity index (χ0v) is 13.4. The molecule has 0 radical (unpaired) electrons. The second-order valence-electron chi connectivity index (χ2n) is 5.60. The summed E-state index contributed by atoms with van der Waals surface area (Å²) in [6.45, 7) is 1.11. The van der Waals surface area contributed by atoms with Gasteiger partial charge < -0.3 is 19.4 Å². The van der Waals surface area contributed by atoms with Crippen molar-refractivity contribution in [2.24, 2.45) is 5.92 Å². The van der Waals surface area contributed by atoms with E-state index in [1.807, 2.05) is 24.4 Å². The Morgan fingerprint density at radius 3 is 3.04 bits per heavy atom. The van der Waals surface area contributed by atoms with E-state index in [0.717, 1.165) is 24.2 Å². The number of carbonyl (C=O) groups is 1. The molecule has 0 fully saturated rings. The number of para-hydroxylation sites is 1. The topological polar surface area (TPSA) is 65.4 Å². The lowest BCUT2D eigenvalue weighted by molar-refractivity contribution is -0.126. The number of carbonyl (C=O) groups excluding carboxylic acids is 1. The van der Waals surface area contributed by atoms with Crippen LogP contribution in [0.15, 0.2) is 30.6 Å². The van der Waals surface area contributed by atoms with Crippen molar-refractivity contribution in [1.29, 1.82) is 0 Å². The Morgan fingerprint density at radius 1 is 1.39 bits per heavy atom. The molecule has 6 heteroatoms. The third-order valence-electron chi connectivity index (χ3n) is 4.24. The largest absolute Gasteiger partial charge is 0.493 e. The Bertz CT molecular complexity index is 696. The lowest BCUT2D eigenvalue weighted by Crippen LogP contribution is -2.35. The highest BCUT2D eigenvalue weighted by Gasteiger charge is 2.25. The van der Waals surface area contributed by atoms with Gasteiger partial charge in [-0.05, 0) is 12.5 Å². The van der Waals surface area contributed by atoms with Gasteiger partial charge in [0.2, 0.25) is 5.91 Å². The van der Waals surface area contributed by atoms with Crippen molar-refractivity contribution in [3.05, 3.63) is 42.0 Å². The van der Waals surface area contributed by atoms with Gasteiger partial charge in [-0.15, -0.1) is 0 Å². The second-order valence-corrected chi connectivity index (χ2v) is 5.60. The molecule has 0 saturated carbocycles. The van der Waals surface area contributed by atoms with Gasteiger partial charge in [-0.2, -0.15) is 0 Å². The van der Waals surface area contributed by atoms with Crippen LogP contribution in [0.3, 0.4) is 0 Å². The van der Waals surface area contributed by atoms with Crippen molar-refractivity contribution >= 4 is 5.91 Å². The van der Waals surface area contributed by atoms with Crippen LogP contribution < -0.4 is 14.8 Å². The SMILES string of the molecule is COc1cccc(CNC(=O)C2CCc3nccn3C2)c1OC. The number of hydrogen-bond donors (Lipinski definition) is 1. The summed E-state index contributed by atoms with van der Waals surface area (Å²) in [5.41, 5.74) is 0.902. The summed E-state index contributed by atoms with van der Waals surface area (Å²) in [4.78, 5) is 16.7. The Hall–Kier alpha value is -2.50. The normalized spacial score (nSPS) is 16.5. The molecule has 122 valence electrons. The highest BCUT2D eigenvalue weighted by molar-refractivity contribution is 5.78. The molecule has 1 N–H and O–H groups in total. The average Bonchev–Trinajstić information content (AvgIpc) is 3.06. The number of aromatic nitrogens is 2. The number of benzene rings is 1. The molecule has 2 heterocycles. The summed E-state index contributed by atoms with van der Waals surface area (Å²) in [6, 6.07) is 5.66. The first kappa shape index (κ1) is 15.4. The molecule has 3 rings (SSSR count). The fraction of sp³-hybridized carbons (Fsp3) is 0.412. The molecule has 0 saturated heterocycles. The van der Waals surface area contributed by atoms with Gasteiger partial charge >= 0.3 is 0 Å². The van der Waals surface area contributed by atoms with E-state index in [2.05, 4.69) is 14.9 Å². The maximum atomic E-state index is 12.4. The number of fused-ring (bicyclic) bond motifs is 1. The molecule has 1 aliphatic heterocycles. The molecule has 0 bridgehead atoms. The van der Waals surface area contributed by atoms with Crippen LogP contribution in [0.25, 0.3) is 0 Å². The van der Waals surface area contributed by atoms with Crippen LogP contribution in [0.2, 0.25) is 0 Å². The third kappa shape index (κ3) is 3.16. The molecule has 1 amide bonds. The van der Waals surface area contributed by atoms with E-state index in [1.165, 1.54) is 0 Å². The minimum atomic E-state index is -0.0201. The highest BCUT2D eigenvalue weighted by Crippen LogP contribution is 2.30. The highest BCUT2D eigenvalue weighted by atomic mass is 16.5. The molecule has 1 unspecified atom stereocenters. The number of aryl methyl sites for hydroxylation is 1. The minimum absolute atomic E-state index is 0.0201. The monoisotopic (exact) mass is 315 g/mol. The van der Waals surface area contributed by atoms with Gasteiger partial charge in [-0.1, -0.05) is 12.1 Å². The lowest BCUT2D eigenvalue weighted by atomic mass is 9.98. The first-order valence-electron chi connectivity index (χ1n) is 7.70. The molecule has 1 aromatic heterocycles. The van der Waals surface area contributed by atoms with E-state index in [0.29, 0.717) is 24.6 Å². The molecule has 6 nitrogen and oxygen atoms in total. The van der Waals surface area contributed by atoms with Crippen LogP contribution in [0.4, 0.5) is 0 Å². The van der Waals surface area contributed by atoms with Crippen LogP contribution in [-0.4, -0.2) is 29.7 Å². The number of hydrogen-bond acceptors (Lipinski definition) is 4. The maximum Gasteiger partial charge on any atom is 0.225 e. The lowest BCUT2D eigenvalue weighted by Gasteiger charge is -2.23. The molecule has 1 aromatic carbocycles. The zero-order chi connectivity index (χ0) is 16.2. The van der Waals surface area contributed by atoms with Gasteiger partial charge in [0, 0.05) is 37.5 Å². The number of imidazole rings is 1. The van der Waals surface area contributed by atoms with E-state index in [9.17, 15) is 4.79 Å². The summed E-state index contributed by atoms with van der Waals surface area (Å²) in [7, 11) is 3.20. The van der Waals surface area contributed by atoms with Crippen molar-refractivity contribution in [1.82, 2.24) is 14.9 Å². The van der Waals surface area contributed by atoms with Gasteiger partial charge in [-0.3, -0.25) is 4.79 Å². The predicted molar refractivity (Wildman–Crippen MR) is 85.4 cm³/mol. The molecule has 1 atom stereocenters. The van der Waals surface area contributed by atoms with E-state index < -0.39 is 0 Å². The molecular weight excluding hydrogens is 294 g/mol. The number of nitrogens with zero attached hydrogens (tertiary/aromatic N) is 2. The number of rotatable bonds is 5. The van der Waals surface area contributed by atoms with Gasteiger partial charge in [-0.25, -0.2) is 4.98 Å². The Morgan fingerprint density at radius 2 is 2.26 bits per heavy atom. The summed E-state index contributed by atoms with van der Waals surface area (Å²) >= 11 is 0. The fourth-order valence-electron chi connectivity index (χ4n) is 3.00. The van der Waals surface area contributed by atoms with Crippen LogP contribution >= 0.6 is 0 Å². The van der Waals surface area contributed by atoms with E-state index in [-0.39, 0.29) is 11.8 Å². The summed E-state index contributed by atoms with van der Waals surface area (Å²) in [6.07, 6.45) is 5.39. The second kappa shape index (κ2) is 6.73. The smallest absolute Gasteiger partial charge is 0.225 e. The van der Waals surface area contributed by atoms with E-state index in [1.54, 1.807) is 20.4 Å². The standard InChI is InChI=1S/C17H21N3O3/c1-22-14-5-3-4-12(16(14)23-2)10-19-17(21)13-6-7-15-18-8-9-20(15)11-13/h3-5,8-9,13H,6-7,10-11H2,1-2H3,(H,19,21). The molecule has 2 aromatic rings.